The number of benzene rings is 3. The van der Waals surface area contributed by atoms with Crippen LogP contribution in [0.4, 0.5) is 11.4 Å². The Balaban J connectivity index is 1.85. The van der Waals surface area contributed by atoms with Crippen molar-refractivity contribution in [3.8, 4) is 17.2 Å². The lowest BCUT2D eigenvalue weighted by Crippen LogP contribution is -2.15. The van der Waals surface area contributed by atoms with Gasteiger partial charge in [-0.2, -0.15) is 0 Å². The second-order valence-electron chi connectivity index (χ2n) is 6.60. The van der Waals surface area contributed by atoms with Crippen LogP contribution in [0.2, 0.25) is 0 Å². The predicted octanol–water partition coefficient (Wildman–Crippen LogP) is 5.09. The van der Waals surface area contributed by atoms with Gasteiger partial charge < -0.3 is 19.9 Å². The molecule has 0 bridgehead atoms. The van der Waals surface area contributed by atoms with Crippen LogP contribution in [0.5, 0.6) is 17.2 Å². The van der Waals surface area contributed by atoms with E-state index >= 15 is 0 Å². The second kappa shape index (κ2) is 7.64. The van der Waals surface area contributed by atoms with Gasteiger partial charge in [0.1, 0.15) is 17.2 Å². The van der Waals surface area contributed by atoms with E-state index in [0.717, 1.165) is 39.7 Å². The van der Waals surface area contributed by atoms with Gasteiger partial charge in [0.05, 0.1) is 37.3 Å². The number of nitrogens with zero attached hydrogens (tertiary/aromatic N) is 1. The van der Waals surface area contributed by atoms with E-state index in [1.54, 1.807) is 20.3 Å². The first-order valence-corrected chi connectivity index (χ1v) is 9.13. The Labute approximate surface area is 164 Å². The third-order valence-electron chi connectivity index (χ3n) is 4.91. The number of hydrogen-bond acceptors (Lipinski definition) is 5. The van der Waals surface area contributed by atoms with Gasteiger partial charge in [-0.3, -0.25) is 4.99 Å². The van der Waals surface area contributed by atoms with Crippen molar-refractivity contribution < 1.29 is 14.6 Å². The van der Waals surface area contributed by atoms with Crippen LogP contribution < -0.4 is 14.8 Å². The maximum Gasteiger partial charge on any atom is 0.124 e. The van der Waals surface area contributed by atoms with E-state index in [4.69, 9.17) is 14.5 Å². The summed E-state index contributed by atoms with van der Waals surface area (Å²) in [6.45, 7) is 0. The van der Waals surface area contributed by atoms with Crippen molar-refractivity contribution in [3.63, 3.8) is 0 Å². The second-order valence-corrected chi connectivity index (χ2v) is 6.60. The summed E-state index contributed by atoms with van der Waals surface area (Å²) >= 11 is 0. The molecule has 0 amide bonds. The molecule has 0 radical (unpaired) electrons. The van der Waals surface area contributed by atoms with Crippen LogP contribution >= 0.6 is 0 Å². The van der Waals surface area contributed by atoms with E-state index < -0.39 is 0 Å². The fraction of sp³-hybridized carbons (Fsp3) is 0.174. The zero-order valence-corrected chi connectivity index (χ0v) is 15.8. The molecule has 5 nitrogen and oxygen atoms in total. The van der Waals surface area contributed by atoms with Crippen molar-refractivity contribution in [2.45, 2.75) is 12.5 Å². The molecule has 28 heavy (non-hydrogen) atoms. The number of methoxy groups -OCH3 is 2. The Morgan fingerprint density at radius 1 is 0.964 bits per heavy atom. The number of para-hydroxylation sites is 3. The quantitative estimate of drug-likeness (QED) is 0.668. The number of rotatable bonds is 4. The number of phenols is 1. The van der Waals surface area contributed by atoms with Gasteiger partial charge in [-0.15, -0.1) is 0 Å². The molecular formula is C23H22N2O3. The summed E-state index contributed by atoms with van der Waals surface area (Å²) in [5.41, 5.74) is 4.29. The smallest absolute Gasteiger partial charge is 0.124 e. The Kier molecular flexibility index (Phi) is 4.89. The molecule has 1 aliphatic rings. The Morgan fingerprint density at radius 3 is 2.54 bits per heavy atom. The number of phenolic OH excluding ortho intramolecular Hbond substituents is 1. The normalized spacial score (nSPS) is 15.6. The number of ether oxygens (including phenoxy) is 2. The highest BCUT2D eigenvalue weighted by Gasteiger charge is 2.25. The van der Waals surface area contributed by atoms with Crippen LogP contribution in [-0.2, 0) is 0 Å². The molecule has 1 aliphatic heterocycles. The number of nitrogens with one attached hydrogen (secondary N) is 1. The Bertz CT molecular complexity index is 1030. The number of anilines is 1. The molecule has 0 saturated carbocycles. The molecule has 1 heterocycles. The molecule has 142 valence electrons. The summed E-state index contributed by atoms with van der Waals surface area (Å²) in [5.74, 6) is 1.75. The Hall–Kier alpha value is -3.47. The van der Waals surface area contributed by atoms with Crippen molar-refractivity contribution in [1.29, 1.82) is 0 Å². The molecule has 3 aromatic carbocycles. The predicted molar refractivity (Wildman–Crippen MR) is 111 cm³/mol. The molecule has 3 aromatic rings. The summed E-state index contributed by atoms with van der Waals surface area (Å²) in [4.78, 5) is 4.87. The molecule has 0 fully saturated rings. The minimum atomic E-state index is -0.105. The van der Waals surface area contributed by atoms with E-state index in [0.29, 0.717) is 6.42 Å². The van der Waals surface area contributed by atoms with Crippen LogP contribution in [0.1, 0.15) is 23.6 Å². The minimum absolute atomic E-state index is 0.105. The van der Waals surface area contributed by atoms with E-state index in [9.17, 15) is 5.11 Å². The number of hydrogen-bond donors (Lipinski definition) is 2. The van der Waals surface area contributed by atoms with Gasteiger partial charge in [-0.1, -0.05) is 24.3 Å². The van der Waals surface area contributed by atoms with Crippen molar-refractivity contribution in [1.82, 2.24) is 0 Å². The molecule has 0 saturated heterocycles. The molecule has 0 aromatic heterocycles. The molecule has 0 aliphatic carbocycles. The zero-order chi connectivity index (χ0) is 19.5. The maximum absolute atomic E-state index is 10.4. The van der Waals surface area contributed by atoms with Crippen molar-refractivity contribution in [2.75, 3.05) is 19.5 Å². The number of aliphatic imine (C=N–C) groups is 1. The number of fused-ring (bicyclic) bond motifs is 1. The van der Waals surface area contributed by atoms with Gasteiger partial charge >= 0.3 is 0 Å². The lowest BCUT2D eigenvalue weighted by atomic mass is 9.96. The van der Waals surface area contributed by atoms with Gasteiger partial charge in [0, 0.05) is 17.5 Å². The summed E-state index contributed by atoms with van der Waals surface area (Å²) < 4.78 is 11.0. The third-order valence-corrected chi connectivity index (χ3v) is 4.91. The first-order valence-electron chi connectivity index (χ1n) is 9.13. The molecule has 0 spiro atoms. The summed E-state index contributed by atoms with van der Waals surface area (Å²) in [5, 5.41) is 14.0. The molecule has 2 N–H and O–H groups in total. The topological polar surface area (TPSA) is 63.1 Å². The van der Waals surface area contributed by atoms with E-state index in [-0.39, 0.29) is 11.8 Å². The molecule has 4 rings (SSSR count). The fourth-order valence-electron chi connectivity index (χ4n) is 3.50. The van der Waals surface area contributed by atoms with Crippen molar-refractivity contribution in [3.05, 3.63) is 77.9 Å². The van der Waals surface area contributed by atoms with Crippen LogP contribution in [0.15, 0.2) is 71.7 Å². The highest BCUT2D eigenvalue weighted by Crippen LogP contribution is 2.40. The maximum atomic E-state index is 10.4. The van der Waals surface area contributed by atoms with E-state index in [1.165, 1.54) is 0 Å². The SMILES string of the molecule is COc1ccc(OC)c(C2CC(c3ccccc3O)=Nc3ccccc3N2)c1. The van der Waals surface area contributed by atoms with E-state index in [1.807, 2.05) is 60.7 Å². The van der Waals surface area contributed by atoms with E-state index in [2.05, 4.69) is 5.32 Å². The first kappa shape index (κ1) is 17.9. The minimum Gasteiger partial charge on any atom is -0.507 e. The summed E-state index contributed by atoms with van der Waals surface area (Å²) in [7, 11) is 3.31. The average Bonchev–Trinajstić information content (AvgIpc) is 2.93. The monoisotopic (exact) mass is 374 g/mol. The molecule has 1 atom stereocenters. The van der Waals surface area contributed by atoms with Gasteiger partial charge in [-0.05, 0) is 42.5 Å². The van der Waals surface area contributed by atoms with Crippen LogP contribution in [-0.4, -0.2) is 25.0 Å². The van der Waals surface area contributed by atoms with Crippen LogP contribution in [0, 0.1) is 0 Å². The molecular weight excluding hydrogens is 352 g/mol. The average molecular weight is 374 g/mol. The van der Waals surface area contributed by atoms with Gasteiger partial charge in [-0.25, -0.2) is 0 Å². The summed E-state index contributed by atoms with van der Waals surface area (Å²) in [6, 6.07) is 20.9. The van der Waals surface area contributed by atoms with Crippen molar-refractivity contribution >= 4 is 17.1 Å². The highest BCUT2D eigenvalue weighted by molar-refractivity contribution is 6.06. The number of aromatic hydroxyl groups is 1. The van der Waals surface area contributed by atoms with Gasteiger partial charge in [0.2, 0.25) is 0 Å². The zero-order valence-electron chi connectivity index (χ0n) is 15.8. The van der Waals surface area contributed by atoms with Gasteiger partial charge in [0.15, 0.2) is 0 Å². The van der Waals surface area contributed by atoms with Crippen molar-refractivity contribution in [2.24, 2.45) is 4.99 Å². The Morgan fingerprint density at radius 2 is 1.75 bits per heavy atom. The molecule has 1 unspecified atom stereocenters. The highest BCUT2D eigenvalue weighted by atomic mass is 16.5. The standard InChI is InChI=1S/C23H22N2O3/c1-27-15-11-12-23(28-2)17(13-15)21-14-20(16-7-3-6-10-22(16)26)24-18-8-4-5-9-19(18)25-21/h3-13,21,25-26H,14H2,1-2H3. The van der Waals surface area contributed by atoms with Crippen LogP contribution in [0.25, 0.3) is 0 Å². The third kappa shape index (κ3) is 3.39. The van der Waals surface area contributed by atoms with Gasteiger partial charge in [0.25, 0.3) is 0 Å². The largest absolute Gasteiger partial charge is 0.507 e. The first-order chi connectivity index (χ1) is 13.7. The fourth-order valence-corrected chi connectivity index (χ4v) is 3.50. The summed E-state index contributed by atoms with van der Waals surface area (Å²) in [6.07, 6.45) is 0.579. The lowest BCUT2D eigenvalue weighted by molar-refractivity contribution is 0.396. The molecule has 5 heteroatoms. The van der Waals surface area contributed by atoms with Crippen LogP contribution in [0.3, 0.4) is 0 Å². The lowest BCUT2D eigenvalue weighted by Gasteiger charge is -2.22.